The van der Waals surface area contributed by atoms with Crippen LogP contribution in [0.5, 0.6) is 5.75 Å². The van der Waals surface area contributed by atoms with Gasteiger partial charge in [0.05, 0.1) is 11.3 Å². The highest BCUT2D eigenvalue weighted by atomic mass is 16.3. The number of hydrogen-bond acceptors (Lipinski definition) is 6. The van der Waals surface area contributed by atoms with Crippen molar-refractivity contribution in [2.45, 2.75) is 26.8 Å². The quantitative estimate of drug-likeness (QED) is 0.546. The summed E-state index contributed by atoms with van der Waals surface area (Å²) in [6.07, 6.45) is 0. The minimum Gasteiger partial charge on any atom is -0.505 e. The van der Waals surface area contributed by atoms with Crippen LogP contribution in [-0.2, 0) is 0 Å². The Labute approximate surface area is 146 Å². The minimum atomic E-state index is -0.651. The zero-order chi connectivity index (χ0) is 18.9. The molecule has 7 heteroatoms. The van der Waals surface area contributed by atoms with Crippen LogP contribution in [0.2, 0.25) is 0 Å². The molecular weight excluding hydrogens is 322 g/mol. The number of aromatic hydroxyl groups is 1. The lowest BCUT2D eigenvalue weighted by molar-refractivity contribution is 0.0824. The van der Waals surface area contributed by atoms with Crippen molar-refractivity contribution in [3.63, 3.8) is 0 Å². The number of rotatable bonds is 6. The normalized spacial score (nSPS) is 12.2. The van der Waals surface area contributed by atoms with E-state index in [9.17, 15) is 19.5 Å². The van der Waals surface area contributed by atoms with E-state index in [0.29, 0.717) is 0 Å². The summed E-state index contributed by atoms with van der Waals surface area (Å²) in [5.74, 6) is -0.360. The molecule has 2 aromatic rings. The molecule has 0 radical (unpaired) electrons. The lowest BCUT2D eigenvalue weighted by Crippen LogP contribution is -2.39. The molecule has 0 aliphatic carbocycles. The first-order valence-electron chi connectivity index (χ1n) is 8.05. The van der Waals surface area contributed by atoms with Crippen molar-refractivity contribution in [1.82, 2.24) is 4.90 Å². The summed E-state index contributed by atoms with van der Waals surface area (Å²) in [5, 5.41) is 16.1. The molecule has 0 aliphatic heterocycles. The lowest BCUT2D eigenvalue weighted by Gasteiger charge is -2.22. The summed E-state index contributed by atoms with van der Waals surface area (Å²) in [4.78, 5) is 37.2. The first-order chi connectivity index (χ1) is 11.6. The van der Waals surface area contributed by atoms with Crippen LogP contribution < -0.4 is 21.5 Å². The summed E-state index contributed by atoms with van der Waals surface area (Å²) >= 11 is 0. The van der Waals surface area contributed by atoms with Crippen molar-refractivity contribution < 1.29 is 9.90 Å². The highest BCUT2D eigenvalue weighted by Gasteiger charge is 2.25. The molecule has 2 rings (SSSR count). The van der Waals surface area contributed by atoms with E-state index in [0.717, 1.165) is 0 Å². The van der Waals surface area contributed by atoms with E-state index in [-0.39, 0.29) is 46.2 Å². The monoisotopic (exact) mass is 345 g/mol. The topological polar surface area (TPSA) is 98.7 Å². The van der Waals surface area contributed by atoms with E-state index >= 15 is 0 Å². The van der Waals surface area contributed by atoms with E-state index in [2.05, 4.69) is 10.6 Å². The smallest absolute Gasteiger partial charge is 0.257 e. The first kappa shape index (κ1) is 18.5. The second-order valence-corrected chi connectivity index (χ2v) is 6.61. The summed E-state index contributed by atoms with van der Waals surface area (Å²) in [5.41, 5.74) is -0.631. The number of carbonyl (C=O) groups is 1. The molecular formula is C18H23N3O4. The molecule has 7 nitrogen and oxygen atoms in total. The van der Waals surface area contributed by atoms with Gasteiger partial charge in [0.2, 0.25) is 0 Å². The number of anilines is 3. The van der Waals surface area contributed by atoms with Crippen molar-refractivity contribution in [3.8, 4) is 5.75 Å². The van der Waals surface area contributed by atoms with Gasteiger partial charge in [-0.2, -0.15) is 0 Å². The maximum Gasteiger partial charge on any atom is 0.257 e. The van der Waals surface area contributed by atoms with Crippen LogP contribution in [0.3, 0.4) is 0 Å². The second-order valence-electron chi connectivity index (χ2n) is 6.61. The molecule has 0 bridgehead atoms. The summed E-state index contributed by atoms with van der Waals surface area (Å²) < 4.78 is 0. The molecule has 0 aliphatic rings. The van der Waals surface area contributed by atoms with E-state index in [1.807, 2.05) is 20.8 Å². The lowest BCUT2D eigenvalue weighted by atomic mass is 10.0. The van der Waals surface area contributed by atoms with Gasteiger partial charge >= 0.3 is 0 Å². The van der Waals surface area contributed by atoms with Crippen molar-refractivity contribution >= 4 is 23.0 Å². The number of amides is 1. The number of nitrogens with one attached hydrogen (secondary N) is 2. The molecule has 0 saturated heterocycles. The van der Waals surface area contributed by atoms with Crippen LogP contribution in [0.25, 0.3) is 0 Å². The van der Waals surface area contributed by atoms with Gasteiger partial charge in [-0.15, -0.1) is 0 Å². The maximum absolute atomic E-state index is 12.1. The van der Waals surface area contributed by atoms with Crippen LogP contribution >= 0.6 is 0 Å². The zero-order valence-electron chi connectivity index (χ0n) is 15.0. The Hall–Kier alpha value is -2.83. The van der Waals surface area contributed by atoms with Gasteiger partial charge in [0.1, 0.15) is 11.4 Å². The van der Waals surface area contributed by atoms with Crippen molar-refractivity contribution in [3.05, 3.63) is 44.2 Å². The fourth-order valence-corrected chi connectivity index (χ4v) is 2.24. The number of phenols is 1. The summed E-state index contributed by atoms with van der Waals surface area (Å²) in [6, 6.07) is 4.62. The molecule has 2 aromatic carbocycles. The van der Waals surface area contributed by atoms with E-state index in [1.54, 1.807) is 20.2 Å². The minimum absolute atomic E-state index is 0.000833. The van der Waals surface area contributed by atoms with E-state index in [4.69, 9.17) is 0 Å². The summed E-state index contributed by atoms with van der Waals surface area (Å²) in [7, 11) is 3.15. The number of benzene rings is 1. The average Bonchev–Trinajstić information content (AvgIpc) is 2.57. The number of carbonyl (C=O) groups excluding carboxylic acids is 1. The SMILES string of the molecule is CC(C)[C@@H](C)Nc1c(Nc2cccc(C(=O)N(C)C)c2O)c(=O)c1=O. The largest absolute Gasteiger partial charge is 0.505 e. The van der Waals surface area contributed by atoms with E-state index in [1.165, 1.54) is 17.0 Å². The molecule has 0 aromatic heterocycles. The number of hydrogen-bond donors (Lipinski definition) is 3. The third-order valence-corrected chi connectivity index (χ3v) is 4.21. The van der Waals surface area contributed by atoms with Gasteiger partial charge in [-0.1, -0.05) is 19.9 Å². The summed E-state index contributed by atoms with van der Waals surface area (Å²) in [6.45, 7) is 5.91. The molecule has 1 amide bonds. The van der Waals surface area contributed by atoms with Gasteiger partial charge in [0.15, 0.2) is 5.75 Å². The number of para-hydroxylation sites is 1. The molecule has 0 fully saturated rings. The van der Waals surface area contributed by atoms with Crippen molar-refractivity contribution in [2.75, 3.05) is 24.7 Å². The third kappa shape index (κ3) is 3.50. The van der Waals surface area contributed by atoms with Gasteiger partial charge in [0.25, 0.3) is 16.8 Å². The van der Waals surface area contributed by atoms with Gasteiger partial charge in [-0.25, -0.2) is 0 Å². The maximum atomic E-state index is 12.1. The molecule has 3 N–H and O–H groups in total. The Morgan fingerprint density at radius 3 is 2.24 bits per heavy atom. The Balaban J connectivity index is 2.35. The predicted molar refractivity (Wildman–Crippen MR) is 98.7 cm³/mol. The Bertz CT molecular complexity index is 864. The number of phenolic OH excluding ortho intramolecular Hbond substituents is 1. The highest BCUT2D eigenvalue weighted by Crippen LogP contribution is 2.32. The van der Waals surface area contributed by atoms with Gasteiger partial charge in [-0.05, 0) is 25.0 Å². The van der Waals surface area contributed by atoms with Crippen LogP contribution in [0.1, 0.15) is 31.1 Å². The van der Waals surface area contributed by atoms with Gasteiger partial charge in [0, 0.05) is 20.1 Å². The molecule has 0 saturated carbocycles. The molecule has 0 heterocycles. The van der Waals surface area contributed by atoms with Crippen LogP contribution in [0.15, 0.2) is 27.8 Å². The van der Waals surface area contributed by atoms with Crippen LogP contribution in [0, 0.1) is 5.92 Å². The fraction of sp³-hybridized carbons (Fsp3) is 0.389. The van der Waals surface area contributed by atoms with Crippen LogP contribution in [0.4, 0.5) is 17.1 Å². The molecule has 0 spiro atoms. The fourth-order valence-electron chi connectivity index (χ4n) is 2.24. The molecule has 25 heavy (non-hydrogen) atoms. The molecule has 1 atom stereocenters. The first-order valence-corrected chi connectivity index (χ1v) is 8.05. The van der Waals surface area contributed by atoms with E-state index < -0.39 is 10.9 Å². The predicted octanol–water partition coefficient (Wildman–Crippen LogP) is 1.89. The van der Waals surface area contributed by atoms with Crippen molar-refractivity contribution in [2.24, 2.45) is 5.92 Å². The Morgan fingerprint density at radius 1 is 1.08 bits per heavy atom. The number of nitrogens with zero attached hydrogens (tertiary/aromatic N) is 1. The second kappa shape index (κ2) is 6.96. The standard InChI is InChI=1S/C18H23N3O4/c1-9(2)10(3)19-13-14(17(24)16(13)23)20-12-8-6-7-11(15(12)22)18(25)21(4)5/h6-10,19-20,22H,1-5H3/t10-/m1/s1. The zero-order valence-corrected chi connectivity index (χ0v) is 15.0. The Morgan fingerprint density at radius 2 is 1.68 bits per heavy atom. The third-order valence-electron chi connectivity index (χ3n) is 4.21. The average molecular weight is 345 g/mol. The van der Waals surface area contributed by atoms with Crippen LogP contribution in [-0.4, -0.2) is 36.1 Å². The highest BCUT2D eigenvalue weighted by molar-refractivity contribution is 5.99. The van der Waals surface area contributed by atoms with Crippen molar-refractivity contribution in [1.29, 1.82) is 0 Å². The Kier molecular flexibility index (Phi) is 5.15. The van der Waals surface area contributed by atoms with Gasteiger partial charge in [-0.3, -0.25) is 14.4 Å². The van der Waals surface area contributed by atoms with Gasteiger partial charge < -0.3 is 20.6 Å². The molecule has 134 valence electrons. The molecule has 0 unspecified atom stereocenters.